The van der Waals surface area contributed by atoms with Gasteiger partial charge >= 0.3 is 0 Å². The van der Waals surface area contributed by atoms with Crippen molar-refractivity contribution in [3.8, 4) is 11.8 Å². The van der Waals surface area contributed by atoms with Crippen molar-refractivity contribution in [3.63, 3.8) is 0 Å². The maximum absolute atomic E-state index is 13.0. The zero-order chi connectivity index (χ0) is 20.1. The van der Waals surface area contributed by atoms with E-state index in [0.717, 1.165) is 5.01 Å². The average Bonchev–Trinajstić information content (AvgIpc) is 2.64. The maximum Gasteiger partial charge on any atom is 0.255 e. The fraction of sp³-hybridized carbons (Fsp3) is 0.353. The second kappa shape index (κ2) is 9.45. The average molecular weight is 431 g/mol. The van der Waals surface area contributed by atoms with Gasteiger partial charge in [-0.2, -0.15) is 9.97 Å². The number of nitrogens with zero attached hydrogens (tertiary/aromatic N) is 3. The molecule has 2 aromatic rings. The van der Waals surface area contributed by atoms with Crippen LogP contribution in [-0.4, -0.2) is 35.3 Å². The van der Waals surface area contributed by atoms with Crippen molar-refractivity contribution in [3.05, 3.63) is 34.3 Å². The Labute approximate surface area is 172 Å². The van der Waals surface area contributed by atoms with Crippen LogP contribution in [0.4, 0.5) is 5.69 Å². The summed E-state index contributed by atoms with van der Waals surface area (Å²) in [5.41, 5.74) is 0.362. The third kappa shape index (κ3) is 5.38. The number of benzene rings is 1. The third-order valence-electron chi connectivity index (χ3n) is 3.56. The summed E-state index contributed by atoms with van der Waals surface area (Å²) in [7, 11) is 2.98. The van der Waals surface area contributed by atoms with Crippen LogP contribution >= 0.6 is 35.0 Å². The normalized spacial score (nSPS) is 12.0. The molecule has 1 heterocycles. The molecule has 146 valence electrons. The lowest BCUT2D eigenvalue weighted by atomic mass is 10.1. The van der Waals surface area contributed by atoms with Gasteiger partial charge in [0.05, 0.1) is 36.2 Å². The van der Waals surface area contributed by atoms with Gasteiger partial charge in [-0.3, -0.25) is 4.79 Å². The van der Waals surface area contributed by atoms with E-state index in [9.17, 15) is 4.79 Å². The monoisotopic (exact) mass is 430 g/mol. The summed E-state index contributed by atoms with van der Waals surface area (Å²) in [6, 6.07) is 6.29. The van der Waals surface area contributed by atoms with E-state index in [1.54, 1.807) is 18.2 Å². The van der Waals surface area contributed by atoms with E-state index < -0.39 is 5.25 Å². The summed E-state index contributed by atoms with van der Waals surface area (Å²) in [6.07, 6.45) is 0. The molecular formula is C17H20Cl2N4O3S. The summed E-state index contributed by atoms with van der Waals surface area (Å²) in [4.78, 5) is 21.5. The number of anilines is 1. The number of carbonyl (C=O) groups is 1. The number of halogens is 2. The van der Waals surface area contributed by atoms with E-state index in [2.05, 4.69) is 9.97 Å². The highest BCUT2D eigenvalue weighted by molar-refractivity contribution is 8.00. The molecule has 0 aliphatic rings. The third-order valence-corrected chi connectivity index (χ3v) is 5.50. The minimum absolute atomic E-state index is 0.0552. The highest BCUT2D eigenvalue weighted by Crippen LogP contribution is 2.33. The Kier molecular flexibility index (Phi) is 7.55. The number of carbonyl (C=O) groups excluding carboxylic acids is 1. The summed E-state index contributed by atoms with van der Waals surface area (Å²) < 4.78 is 10.3. The number of hydrogen-bond donors (Lipinski definition) is 1. The summed E-state index contributed by atoms with van der Waals surface area (Å²) >= 11 is 13.2. The van der Waals surface area contributed by atoms with E-state index in [1.165, 1.54) is 32.0 Å². The van der Waals surface area contributed by atoms with E-state index >= 15 is 0 Å². The first-order valence-corrected chi connectivity index (χ1v) is 9.57. The fourth-order valence-corrected chi connectivity index (χ4v) is 3.66. The number of thioether (sulfide) groups is 1. The van der Waals surface area contributed by atoms with Gasteiger partial charge in [-0.1, -0.05) is 48.8 Å². The molecule has 0 saturated heterocycles. The molecular weight excluding hydrogens is 411 g/mol. The molecule has 2 N–H and O–H groups in total. The van der Waals surface area contributed by atoms with Gasteiger partial charge in [0.2, 0.25) is 11.8 Å². The molecule has 1 aromatic carbocycles. The highest BCUT2D eigenvalue weighted by Gasteiger charge is 2.30. The molecule has 0 bridgehead atoms. The Balaban J connectivity index is 2.30. The number of rotatable bonds is 7. The van der Waals surface area contributed by atoms with Gasteiger partial charge in [-0.25, -0.2) is 10.9 Å². The van der Waals surface area contributed by atoms with Crippen LogP contribution in [0.3, 0.4) is 0 Å². The molecule has 0 spiro atoms. The second-order valence-electron chi connectivity index (χ2n) is 5.82. The van der Waals surface area contributed by atoms with E-state index in [0.29, 0.717) is 27.6 Å². The maximum atomic E-state index is 13.0. The summed E-state index contributed by atoms with van der Waals surface area (Å²) in [6.45, 7) is 3.81. The number of hydrazine groups is 1. The predicted molar refractivity (Wildman–Crippen MR) is 108 cm³/mol. The van der Waals surface area contributed by atoms with Crippen LogP contribution in [0, 0.1) is 5.92 Å². The van der Waals surface area contributed by atoms with Crippen LogP contribution in [0.15, 0.2) is 29.4 Å². The van der Waals surface area contributed by atoms with E-state index in [-0.39, 0.29) is 16.8 Å². The smallest absolute Gasteiger partial charge is 0.255 e. The number of ether oxygens (including phenoxy) is 2. The number of aromatic nitrogens is 2. The zero-order valence-electron chi connectivity index (χ0n) is 15.3. The first-order valence-electron chi connectivity index (χ1n) is 7.94. The van der Waals surface area contributed by atoms with Gasteiger partial charge in [0.15, 0.2) is 5.16 Å². The number of methoxy groups -OCH3 is 2. The van der Waals surface area contributed by atoms with Gasteiger partial charge in [-0.15, -0.1) is 0 Å². The van der Waals surface area contributed by atoms with E-state index in [1.807, 2.05) is 13.8 Å². The van der Waals surface area contributed by atoms with Crippen molar-refractivity contribution in [2.45, 2.75) is 24.3 Å². The van der Waals surface area contributed by atoms with Crippen LogP contribution in [0.1, 0.15) is 13.8 Å². The molecule has 0 saturated carbocycles. The molecule has 0 aliphatic heterocycles. The molecule has 0 radical (unpaired) electrons. The van der Waals surface area contributed by atoms with Crippen LogP contribution in [0.2, 0.25) is 10.0 Å². The molecule has 1 amide bonds. The Bertz CT molecular complexity index is 801. The minimum atomic E-state index is -0.557. The van der Waals surface area contributed by atoms with Crippen molar-refractivity contribution in [2.75, 3.05) is 19.2 Å². The lowest BCUT2D eigenvalue weighted by molar-refractivity contribution is -0.118. The van der Waals surface area contributed by atoms with Crippen molar-refractivity contribution >= 4 is 46.6 Å². The van der Waals surface area contributed by atoms with Gasteiger partial charge in [-0.05, 0) is 24.1 Å². The first-order chi connectivity index (χ1) is 12.8. The minimum Gasteiger partial charge on any atom is -0.481 e. The predicted octanol–water partition coefficient (Wildman–Crippen LogP) is 3.82. The van der Waals surface area contributed by atoms with Gasteiger partial charge < -0.3 is 9.47 Å². The van der Waals surface area contributed by atoms with Crippen molar-refractivity contribution in [1.29, 1.82) is 0 Å². The Morgan fingerprint density at radius 1 is 1.15 bits per heavy atom. The topological polar surface area (TPSA) is 90.6 Å². The fourth-order valence-electron chi connectivity index (χ4n) is 2.16. The first kappa shape index (κ1) is 21.6. The zero-order valence-corrected chi connectivity index (χ0v) is 17.6. The van der Waals surface area contributed by atoms with E-state index in [4.69, 9.17) is 38.5 Å². The Morgan fingerprint density at radius 3 is 2.22 bits per heavy atom. The van der Waals surface area contributed by atoms with Crippen LogP contribution in [-0.2, 0) is 4.79 Å². The lowest BCUT2D eigenvalue weighted by Crippen LogP contribution is -2.45. The SMILES string of the molecule is COc1cc(OC)nc(SC(C(=O)N(N)c2ccc(Cl)cc2Cl)C(C)C)n1. The summed E-state index contributed by atoms with van der Waals surface area (Å²) in [5, 5.41) is 1.54. The van der Waals surface area contributed by atoms with Crippen LogP contribution in [0.5, 0.6) is 11.8 Å². The van der Waals surface area contributed by atoms with Gasteiger partial charge in [0.1, 0.15) is 0 Å². The molecule has 27 heavy (non-hydrogen) atoms. The van der Waals surface area contributed by atoms with Crippen molar-refractivity contribution in [2.24, 2.45) is 11.8 Å². The van der Waals surface area contributed by atoms with Crippen molar-refractivity contribution < 1.29 is 14.3 Å². The number of hydrogen-bond acceptors (Lipinski definition) is 7. The highest BCUT2D eigenvalue weighted by atomic mass is 35.5. The standard InChI is InChI=1S/C17H20Cl2N4O3S/c1-9(2)15(27-17-21-13(25-3)8-14(22-17)26-4)16(24)23(20)12-6-5-10(18)7-11(12)19/h5-9,15H,20H2,1-4H3. The molecule has 1 atom stereocenters. The Hall–Kier alpha value is -1.74. The summed E-state index contributed by atoms with van der Waals surface area (Å²) in [5.74, 6) is 6.32. The quantitative estimate of drug-likeness (QED) is 0.234. The molecule has 10 heteroatoms. The molecule has 1 aromatic heterocycles. The lowest BCUT2D eigenvalue weighted by Gasteiger charge is -2.25. The van der Waals surface area contributed by atoms with Gasteiger partial charge in [0, 0.05) is 5.02 Å². The van der Waals surface area contributed by atoms with Crippen LogP contribution < -0.4 is 20.3 Å². The second-order valence-corrected chi connectivity index (χ2v) is 7.77. The molecule has 0 aliphatic carbocycles. The van der Waals surface area contributed by atoms with Crippen molar-refractivity contribution in [1.82, 2.24) is 9.97 Å². The Morgan fingerprint density at radius 2 is 1.74 bits per heavy atom. The molecule has 1 unspecified atom stereocenters. The molecule has 2 rings (SSSR count). The molecule has 0 fully saturated rings. The molecule has 7 nitrogen and oxygen atoms in total. The van der Waals surface area contributed by atoms with Gasteiger partial charge in [0.25, 0.3) is 5.91 Å². The number of nitrogens with two attached hydrogens (primary N) is 1. The largest absolute Gasteiger partial charge is 0.481 e. The number of amides is 1. The van der Waals surface area contributed by atoms with Crippen LogP contribution in [0.25, 0.3) is 0 Å².